The van der Waals surface area contributed by atoms with Crippen molar-refractivity contribution in [3.63, 3.8) is 0 Å². The minimum atomic E-state index is -2.57. The van der Waals surface area contributed by atoms with E-state index in [9.17, 15) is 13.2 Å². The lowest BCUT2D eigenvalue weighted by molar-refractivity contribution is -0.128. The van der Waals surface area contributed by atoms with Gasteiger partial charge in [0.1, 0.15) is 5.37 Å². The molecule has 6 N–H and O–H groups in total. The molecule has 0 aliphatic heterocycles. The predicted molar refractivity (Wildman–Crippen MR) is 38.7 cm³/mol. The quantitative estimate of drug-likeness (QED) is 0.201. The lowest BCUT2D eigenvalue weighted by Gasteiger charge is -1.69. The molecular weight excluding hydrogens is 174 g/mol. The molecule has 0 aromatic carbocycles. The van der Waals surface area contributed by atoms with E-state index in [2.05, 4.69) is 11.5 Å². The van der Waals surface area contributed by atoms with Crippen LogP contribution in [0.4, 0.5) is 0 Å². The van der Waals surface area contributed by atoms with E-state index >= 15 is 0 Å². The zero-order chi connectivity index (χ0) is 9.44. The molecule has 0 aliphatic carbocycles. The fourth-order valence-electron chi connectivity index (χ4n) is 0.0823. The van der Waals surface area contributed by atoms with Crippen LogP contribution in [-0.2, 0) is 15.1 Å². The van der Waals surface area contributed by atoms with E-state index in [0.717, 1.165) is 0 Å². The first-order valence-electron chi connectivity index (χ1n) is 2.11. The highest BCUT2D eigenvalue weighted by Crippen LogP contribution is 1.46. The topological polar surface area (TPSA) is 147 Å². The van der Waals surface area contributed by atoms with Crippen molar-refractivity contribution in [2.75, 3.05) is 0 Å². The molecular formula is C3H7N3O4S. The van der Waals surface area contributed by atoms with E-state index in [1.165, 1.54) is 0 Å². The number of guanidine groups is 1. The second kappa shape index (κ2) is 6.55. The van der Waals surface area contributed by atoms with Crippen molar-refractivity contribution in [2.45, 2.75) is 0 Å². The number of carbonyl (C=O) groups is 1. The molecule has 0 unspecified atom stereocenters. The van der Waals surface area contributed by atoms with Gasteiger partial charge in [-0.05, 0) is 0 Å². The summed E-state index contributed by atoms with van der Waals surface area (Å²) in [5, 5.41) is 13.9. The third-order valence-electron chi connectivity index (χ3n) is 0.197. The van der Waals surface area contributed by atoms with Crippen molar-refractivity contribution < 1.29 is 18.3 Å². The highest BCUT2D eigenvalue weighted by atomic mass is 32.2. The average Bonchev–Trinajstić information content (AvgIpc) is 1.56. The van der Waals surface area contributed by atoms with E-state index in [4.69, 9.17) is 10.5 Å². The molecule has 0 saturated heterocycles. The van der Waals surface area contributed by atoms with Gasteiger partial charge in [-0.2, -0.15) is 8.42 Å². The largest absolute Gasteiger partial charge is 0.477 e. The minimum Gasteiger partial charge on any atom is -0.477 e. The molecule has 0 heterocycles. The van der Waals surface area contributed by atoms with Crippen LogP contribution in [0.15, 0.2) is 0 Å². The van der Waals surface area contributed by atoms with Crippen LogP contribution >= 0.6 is 0 Å². The Bertz CT molecular complexity index is 254. The molecule has 7 nitrogen and oxygen atoms in total. The maximum Gasteiger partial charge on any atom is 0.343 e. The number of nitrogens with one attached hydrogen (secondary N) is 1. The number of carboxylic acid groups (broad SMARTS) is 1. The van der Waals surface area contributed by atoms with Crippen LogP contribution in [0.25, 0.3) is 0 Å². The Morgan fingerprint density at radius 3 is 1.73 bits per heavy atom. The van der Waals surface area contributed by atoms with E-state index in [-0.39, 0.29) is 11.3 Å². The molecule has 11 heavy (non-hydrogen) atoms. The molecule has 8 heteroatoms. The molecule has 64 valence electrons. The summed E-state index contributed by atoms with van der Waals surface area (Å²) in [5.74, 6) is -1.78. The molecule has 0 amide bonds. The highest BCUT2D eigenvalue weighted by molar-refractivity contribution is 7.73. The summed E-state index contributed by atoms with van der Waals surface area (Å²) < 4.78 is 18.7. The summed E-state index contributed by atoms with van der Waals surface area (Å²) in [6, 6.07) is 0. The Morgan fingerprint density at radius 1 is 1.45 bits per heavy atom. The van der Waals surface area contributed by atoms with Gasteiger partial charge in [0.2, 0.25) is 10.3 Å². The predicted octanol–water partition coefficient (Wildman–Crippen LogP) is -2.41. The first-order chi connectivity index (χ1) is 4.86. The third kappa shape index (κ3) is 59.0. The van der Waals surface area contributed by atoms with Crippen molar-refractivity contribution in [3.05, 3.63) is 0 Å². The summed E-state index contributed by atoms with van der Waals surface area (Å²) in [7, 11) is -2.57. The van der Waals surface area contributed by atoms with E-state index in [0.29, 0.717) is 0 Å². The van der Waals surface area contributed by atoms with Gasteiger partial charge >= 0.3 is 5.97 Å². The summed E-state index contributed by atoms with van der Waals surface area (Å²) in [6.45, 7) is 0. The molecule has 0 fully saturated rings. The SMILES string of the molecule is N=C(N)N.O=C(O)C=S(=O)=O. The Kier molecular flexibility index (Phi) is 7.23. The van der Waals surface area contributed by atoms with Gasteiger partial charge in [-0.1, -0.05) is 0 Å². The van der Waals surface area contributed by atoms with Crippen LogP contribution < -0.4 is 11.5 Å². The molecule has 0 aromatic rings. The first-order valence-corrected chi connectivity index (χ1v) is 3.25. The first kappa shape index (κ1) is 12.1. The second-order valence-electron chi connectivity index (χ2n) is 1.17. The zero-order valence-electron chi connectivity index (χ0n) is 5.31. The van der Waals surface area contributed by atoms with Crippen LogP contribution in [0.2, 0.25) is 0 Å². The van der Waals surface area contributed by atoms with Crippen LogP contribution in [-0.4, -0.2) is 30.8 Å². The number of nitrogens with two attached hydrogens (primary N) is 2. The van der Waals surface area contributed by atoms with Gasteiger partial charge in [-0.25, -0.2) is 4.79 Å². The number of hydrogen-bond donors (Lipinski definition) is 4. The Morgan fingerprint density at radius 2 is 1.73 bits per heavy atom. The smallest absolute Gasteiger partial charge is 0.343 e. The van der Waals surface area contributed by atoms with E-state index in [1.54, 1.807) is 0 Å². The van der Waals surface area contributed by atoms with E-state index in [1.807, 2.05) is 0 Å². The van der Waals surface area contributed by atoms with Crippen LogP contribution in [0, 0.1) is 5.41 Å². The molecule has 0 saturated carbocycles. The Hall–Kier alpha value is -1.57. The van der Waals surface area contributed by atoms with Gasteiger partial charge in [0, 0.05) is 0 Å². The van der Waals surface area contributed by atoms with Crippen molar-refractivity contribution in [3.8, 4) is 0 Å². The normalized spacial score (nSPS) is 6.91. The molecule has 0 bridgehead atoms. The van der Waals surface area contributed by atoms with Crippen molar-refractivity contribution in [1.29, 1.82) is 5.41 Å². The van der Waals surface area contributed by atoms with E-state index < -0.39 is 16.3 Å². The number of hydrogen-bond acceptors (Lipinski definition) is 4. The maximum atomic E-state index is 9.37. The molecule has 0 spiro atoms. The Balaban J connectivity index is 0. The third-order valence-corrected chi connectivity index (χ3v) is 0.591. The second-order valence-corrected chi connectivity index (χ2v) is 1.93. The summed E-state index contributed by atoms with van der Waals surface area (Å²) in [4.78, 5) is 9.36. The number of carboxylic acids is 1. The number of aliphatic carboxylic acids is 1. The van der Waals surface area contributed by atoms with Gasteiger partial charge in [-0.3, -0.25) is 5.41 Å². The van der Waals surface area contributed by atoms with Crippen molar-refractivity contribution in [1.82, 2.24) is 0 Å². The molecule has 0 rings (SSSR count). The van der Waals surface area contributed by atoms with Crippen molar-refractivity contribution >= 4 is 27.6 Å². The summed E-state index contributed by atoms with van der Waals surface area (Å²) in [5.41, 5.74) is 8.94. The maximum absolute atomic E-state index is 9.37. The van der Waals surface area contributed by atoms with Crippen LogP contribution in [0.3, 0.4) is 0 Å². The van der Waals surface area contributed by atoms with Crippen LogP contribution in [0.1, 0.15) is 0 Å². The fourth-order valence-corrected chi connectivity index (χ4v) is 0.247. The zero-order valence-corrected chi connectivity index (χ0v) is 6.13. The summed E-state index contributed by atoms with van der Waals surface area (Å²) in [6.07, 6.45) is 0. The highest BCUT2D eigenvalue weighted by Gasteiger charge is 1.83. The fraction of sp³-hybridized carbons (Fsp3) is 0. The molecule has 0 aromatic heterocycles. The minimum absolute atomic E-state index is 0.167. The van der Waals surface area contributed by atoms with Crippen LogP contribution in [0.5, 0.6) is 0 Å². The summed E-state index contributed by atoms with van der Waals surface area (Å²) >= 11 is 0. The Labute approximate surface area is 63.7 Å². The molecule has 0 atom stereocenters. The average molecular weight is 181 g/mol. The number of rotatable bonds is 1. The lowest BCUT2D eigenvalue weighted by atomic mass is 10.8. The molecule has 0 aliphatic rings. The molecule has 0 radical (unpaired) electrons. The monoisotopic (exact) mass is 181 g/mol. The van der Waals surface area contributed by atoms with Gasteiger partial charge in [0.25, 0.3) is 0 Å². The van der Waals surface area contributed by atoms with Gasteiger partial charge < -0.3 is 16.6 Å². The lowest BCUT2D eigenvalue weighted by Crippen LogP contribution is -2.20. The van der Waals surface area contributed by atoms with Gasteiger partial charge in [0.15, 0.2) is 5.96 Å². The van der Waals surface area contributed by atoms with Crippen molar-refractivity contribution in [2.24, 2.45) is 11.5 Å². The van der Waals surface area contributed by atoms with Gasteiger partial charge in [0.05, 0.1) is 0 Å². The standard InChI is InChI=1S/C2H2O4S.CH5N3/c3-2(4)1-7(5)6;2-1(3)4/h1H,(H,3,4);(H5,2,3,4). The van der Waals surface area contributed by atoms with Gasteiger partial charge in [-0.15, -0.1) is 0 Å².